The van der Waals surface area contributed by atoms with Gasteiger partial charge < -0.3 is 9.90 Å². The van der Waals surface area contributed by atoms with E-state index in [0.717, 1.165) is 11.1 Å². The molecule has 2 aromatic rings. The summed E-state index contributed by atoms with van der Waals surface area (Å²) < 4.78 is 27.4. The van der Waals surface area contributed by atoms with Crippen molar-refractivity contribution in [1.82, 2.24) is 4.72 Å². The summed E-state index contributed by atoms with van der Waals surface area (Å²) in [4.78, 5) is 21.7. The molecule has 0 amide bonds. The number of carbonyl (C=O) groups excluding carboxylic acids is 1. The lowest BCUT2D eigenvalue weighted by atomic mass is 10.0. The normalized spacial score (nSPS) is 12.5. The zero-order valence-corrected chi connectivity index (χ0v) is 13.8. The zero-order valence-electron chi connectivity index (χ0n) is 13.0. The van der Waals surface area contributed by atoms with E-state index in [1.165, 1.54) is 6.07 Å². The maximum Gasteiger partial charge on any atom is 0.305 e. The highest BCUT2D eigenvalue weighted by Gasteiger charge is 2.24. The predicted molar refractivity (Wildman–Crippen MR) is 89.0 cm³/mol. The summed E-state index contributed by atoms with van der Waals surface area (Å²) >= 11 is 0. The molecule has 2 N–H and O–H groups in total. The number of hydrogen-bond acceptors (Lipinski definition) is 4. The highest BCUT2D eigenvalue weighted by molar-refractivity contribution is 7.89. The van der Waals surface area contributed by atoms with Crippen LogP contribution in [0.4, 0.5) is 0 Å². The number of nitrogens with one attached hydrogen (secondary N) is 1. The van der Waals surface area contributed by atoms with E-state index >= 15 is 0 Å². The van der Waals surface area contributed by atoms with Gasteiger partial charge in [0.1, 0.15) is 6.29 Å². The van der Waals surface area contributed by atoms with Gasteiger partial charge in [0, 0.05) is 5.56 Å². The molecule has 0 fully saturated rings. The standard InChI is InChI=1S/C17H17NO5S/c1-12-6-2-3-7-14(12)15-8-4-5-9-16(15)24(22,23)18-13(11-19)10-17(20)21/h2-9,11,13,18H,10H2,1H3,(H,20,21)/t13-/m0/s1. The number of rotatable bonds is 7. The van der Waals surface area contributed by atoms with Crippen molar-refractivity contribution in [3.8, 4) is 11.1 Å². The van der Waals surface area contributed by atoms with Crippen molar-refractivity contribution in [1.29, 1.82) is 0 Å². The molecule has 0 saturated heterocycles. The maximum atomic E-state index is 12.6. The summed E-state index contributed by atoms with van der Waals surface area (Å²) in [6.45, 7) is 1.87. The summed E-state index contributed by atoms with van der Waals surface area (Å²) in [7, 11) is -4.06. The summed E-state index contributed by atoms with van der Waals surface area (Å²) in [6.07, 6.45) is -0.336. The minimum atomic E-state index is -4.06. The van der Waals surface area contributed by atoms with Crippen molar-refractivity contribution >= 4 is 22.3 Å². The quantitative estimate of drug-likeness (QED) is 0.746. The number of hydrogen-bond donors (Lipinski definition) is 2. The fourth-order valence-corrected chi connectivity index (χ4v) is 3.76. The summed E-state index contributed by atoms with van der Waals surface area (Å²) in [5.74, 6) is -1.26. The molecule has 0 aliphatic carbocycles. The van der Waals surface area contributed by atoms with Gasteiger partial charge in [0.15, 0.2) is 0 Å². The van der Waals surface area contributed by atoms with E-state index in [2.05, 4.69) is 4.72 Å². The Kier molecular flexibility index (Phi) is 5.48. The van der Waals surface area contributed by atoms with Gasteiger partial charge in [0.05, 0.1) is 17.4 Å². The van der Waals surface area contributed by atoms with Crippen LogP contribution in [0.5, 0.6) is 0 Å². The lowest BCUT2D eigenvalue weighted by molar-refractivity contribution is -0.138. The van der Waals surface area contributed by atoms with Crippen LogP contribution in [0.1, 0.15) is 12.0 Å². The number of aldehydes is 1. The van der Waals surface area contributed by atoms with Crippen LogP contribution in [-0.4, -0.2) is 31.8 Å². The van der Waals surface area contributed by atoms with Crippen LogP contribution in [-0.2, 0) is 19.6 Å². The lowest BCUT2D eigenvalue weighted by Crippen LogP contribution is -2.37. The molecule has 1 atom stereocenters. The molecule has 0 saturated carbocycles. The topological polar surface area (TPSA) is 101 Å². The first-order valence-corrected chi connectivity index (χ1v) is 8.68. The number of carbonyl (C=O) groups is 2. The van der Waals surface area contributed by atoms with Crippen molar-refractivity contribution in [3.63, 3.8) is 0 Å². The molecule has 0 bridgehead atoms. The Balaban J connectivity index is 2.47. The van der Waals surface area contributed by atoms with Gasteiger partial charge in [-0.05, 0) is 24.1 Å². The average molecular weight is 347 g/mol. The maximum absolute atomic E-state index is 12.6. The van der Waals surface area contributed by atoms with Crippen LogP contribution in [0.25, 0.3) is 11.1 Å². The van der Waals surface area contributed by atoms with Gasteiger partial charge in [-0.3, -0.25) is 4.79 Å². The Bertz CT molecular complexity index is 861. The third-order valence-electron chi connectivity index (χ3n) is 3.48. The summed E-state index contributed by atoms with van der Waals surface area (Å²) in [5, 5.41) is 8.76. The number of carboxylic acids is 1. The van der Waals surface area contributed by atoms with Crippen LogP contribution in [0, 0.1) is 6.92 Å². The minimum absolute atomic E-state index is 0.00320. The van der Waals surface area contributed by atoms with Crippen LogP contribution >= 0.6 is 0 Å². The van der Waals surface area contributed by atoms with Crippen LogP contribution in [0.15, 0.2) is 53.4 Å². The Morgan fingerprint density at radius 2 is 1.71 bits per heavy atom. The summed E-state index contributed by atoms with van der Waals surface area (Å²) in [6, 6.07) is 12.4. The van der Waals surface area contributed by atoms with Crippen molar-refractivity contribution in [2.75, 3.05) is 0 Å². The molecule has 2 aromatic carbocycles. The molecule has 0 radical (unpaired) electrons. The van der Waals surface area contributed by atoms with E-state index < -0.39 is 28.5 Å². The van der Waals surface area contributed by atoms with Gasteiger partial charge in [-0.2, -0.15) is 0 Å². The molecule has 126 valence electrons. The number of carboxylic acid groups (broad SMARTS) is 1. The molecule has 2 rings (SSSR count). The lowest BCUT2D eigenvalue weighted by Gasteiger charge is -2.15. The van der Waals surface area contributed by atoms with Crippen molar-refractivity contribution in [3.05, 3.63) is 54.1 Å². The van der Waals surface area contributed by atoms with Crippen LogP contribution < -0.4 is 4.72 Å². The highest BCUT2D eigenvalue weighted by atomic mass is 32.2. The first kappa shape index (κ1) is 17.8. The van der Waals surface area contributed by atoms with Gasteiger partial charge in [-0.25, -0.2) is 13.1 Å². The van der Waals surface area contributed by atoms with Gasteiger partial charge in [-0.15, -0.1) is 0 Å². The second kappa shape index (κ2) is 7.37. The fourth-order valence-electron chi connectivity index (χ4n) is 2.37. The Labute approximate surface area is 140 Å². The third kappa shape index (κ3) is 4.06. The second-order valence-electron chi connectivity index (χ2n) is 5.27. The zero-order chi connectivity index (χ0) is 17.7. The first-order valence-electron chi connectivity index (χ1n) is 7.19. The smallest absolute Gasteiger partial charge is 0.305 e. The van der Waals surface area contributed by atoms with E-state index in [4.69, 9.17) is 5.11 Å². The van der Waals surface area contributed by atoms with Crippen LogP contribution in [0.2, 0.25) is 0 Å². The third-order valence-corrected chi connectivity index (χ3v) is 5.03. The van der Waals surface area contributed by atoms with Crippen molar-refractivity contribution in [2.45, 2.75) is 24.3 Å². The number of aliphatic carboxylic acids is 1. The molecular weight excluding hydrogens is 330 g/mol. The SMILES string of the molecule is Cc1ccccc1-c1ccccc1S(=O)(=O)N[C@H](C=O)CC(=O)O. The van der Waals surface area contributed by atoms with Gasteiger partial charge in [0.25, 0.3) is 0 Å². The van der Waals surface area contributed by atoms with E-state index in [1.54, 1.807) is 30.3 Å². The molecule has 7 heteroatoms. The van der Waals surface area contributed by atoms with Gasteiger partial charge in [-0.1, -0.05) is 42.5 Å². The molecule has 0 aliphatic rings. The Hall–Kier alpha value is -2.51. The number of sulfonamides is 1. The predicted octanol–water partition coefficient (Wildman–Crippen LogP) is 1.98. The van der Waals surface area contributed by atoms with Gasteiger partial charge >= 0.3 is 5.97 Å². The molecule has 24 heavy (non-hydrogen) atoms. The number of benzene rings is 2. The minimum Gasteiger partial charge on any atom is -0.481 e. The molecule has 0 spiro atoms. The van der Waals surface area contributed by atoms with E-state index in [0.29, 0.717) is 5.56 Å². The molecule has 0 unspecified atom stereocenters. The number of aryl methyl sites for hydroxylation is 1. The molecule has 0 aromatic heterocycles. The van der Waals surface area contributed by atoms with E-state index in [9.17, 15) is 18.0 Å². The van der Waals surface area contributed by atoms with Gasteiger partial charge in [0.2, 0.25) is 10.0 Å². The Morgan fingerprint density at radius 1 is 1.12 bits per heavy atom. The van der Waals surface area contributed by atoms with Crippen molar-refractivity contribution < 1.29 is 23.1 Å². The van der Waals surface area contributed by atoms with E-state index in [-0.39, 0.29) is 11.2 Å². The summed E-state index contributed by atoms with van der Waals surface area (Å²) in [5.41, 5.74) is 2.14. The van der Waals surface area contributed by atoms with Crippen molar-refractivity contribution in [2.24, 2.45) is 0 Å². The average Bonchev–Trinajstić information content (AvgIpc) is 2.54. The highest BCUT2D eigenvalue weighted by Crippen LogP contribution is 2.29. The van der Waals surface area contributed by atoms with Crippen LogP contribution in [0.3, 0.4) is 0 Å². The second-order valence-corrected chi connectivity index (χ2v) is 6.96. The molecule has 0 heterocycles. The van der Waals surface area contributed by atoms with E-state index in [1.807, 2.05) is 19.1 Å². The first-order chi connectivity index (χ1) is 11.3. The molecular formula is C17H17NO5S. The monoisotopic (exact) mass is 347 g/mol. The molecule has 6 nitrogen and oxygen atoms in total. The Morgan fingerprint density at radius 3 is 2.29 bits per heavy atom. The molecule has 0 aliphatic heterocycles. The largest absolute Gasteiger partial charge is 0.481 e. The fraction of sp³-hybridized carbons (Fsp3) is 0.176.